The fourth-order valence-electron chi connectivity index (χ4n) is 2.26. The zero-order chi connectivity index (χ0) is 15.0. The third-order valence-corrected chi connectivity index (χ3v) is 5.54. The molecule has 21 heavy (non-hydrogen) atoms. The van der Waals surface area contributed by atoms with Crippen LogP contribution in [-0.2, 0) is 9.84 Å². The molecule has 0 saturated carbocycles. The molecule has 0 aliphatic carbocycles. The summed E-state index contributed by atoms with van der Waals surface area (Å²) >= 11 is 5.98. The van der Waals surface area contributed by atoms with E-state index in [1.54, 1.807) is 24.3 Å². The molecular formula is C16H11ClO3S. The van der Waals surface area contributed by atoms with Gasteiger partial charge in [-0.2, -0.15) is 0 Å². The molecule has 3 nitrogen and oxygen atoms in total. The van der Waals surface area contributed by atoms with Crippen LogP contribution >= 0.6 is 11.6 Å². The van der Waals surface area contributed by atoms with Crippen LogP contribution in [0.2, 0.25) is 5.02 Å². The average Bonchev–Trinajstić information content (AvgIpc) is 2.46. The van der Waals surface area contributed by atoms with Crippen molar-refractivity contribution < 1.29 is 13.5 Å². The average molecular weight is 319 g/mol. The second kappa shape index (κ2) is 5.06. The Morgan fingerprint density at radius 1 is 0.857 bits per heavy atom. The summed E-state index contributed by atoms with van der Waals surface area (Å²) in [5, 5.41) is 10.9. The van der Waals surface area contributed by atoms with Gasteiger partial charge >= 0.3 is 0 Å². The van der Waals surface area contributed by atoms with E-state index in [1.807, 2.05) is 18.2 Å². The molecule has 0 aliphatic heterocycles. The fourth-order valence-corrected chi connectivity index (χ4v) is 4.27. The Bertz CT molecular complexity index is 928. The number of hydrogen-bond donors (Lipinski definition) is 1. The van der Waals surface area contributed by atoms with Crippen LogP contribution < -0.4 is 0 Å². The molecule has 5 heteroatoms. The van der Waals surface area contributed by atoms with Gasteiger partial charge < -0.3 is 5.11 Å². The number of benzene rings is 3. The number of sulfone groups is 1. The number of halogens is 1. The molecule has 0 bridgehead atoms. The van der Waals surface area contributed by atoms with Gasteiger partial charge in [-0.3, -0.25) is 0 Å². The van der Waals surface area contributed by atoms with E-state index in [0.717, 1.165) is 5.39 Å². The smallest absolute Gasteiger partial charge is 0.208 e. The summed E-state index contributed by atoms with van der Waals surface area (Å²) in [5.41, 5.74) is 0. The van der Waals surface area contributed by atoms with Crippen LogP contribution in [0.4, 0.5) is 0 Å². The summed E-state index contributed by atoms with van der Waals surface area (Å²) in [6.07, 6.45) is 0. The zero-order valence-corrected chi connectivity index (χ0v) is 12.4. The molecule has 106 valence electrons. The van der Waals surface area contributed by atoms with Crippen LogP contribution in [0.15, 0.2) is 70.5 Å². The molecule has 3 aromatic carbocycles. The lowest BCUT2D eigenvalue weighted by Gasteiger charge is -2.10. The minimum Gasteiger partial charge on any atom is -0.508 e. The molecule has 1 N–H and O–H groups in total. The summed E-state index contributed by atoms with van der Waals surface area (Å²) in [5.74, 6) is -0.0723. The van der Waals surface area contributed by atoms with E-state index >= 15 is 0 Å². The van der Waals surface area contributed by atoms with Gasteiger partial charge in [0.2, 0.25) is 9.84 Å². The molecule has 0 atom stereocenters. The highest BCUT2D eigenvalue weighted by Crippen LogP contribution is 2.33. The van der Waals surface area contributed by atoms with Gasteiger partial charge in [-0.15, -0.1) is 0 Å². The van der Waals surface area contributed by atoms with Crippen molar-refractivity contribution in [2.45, 2.75) is 9.79 Å². The predicted octanol–water partition coefficient (Wildman–Crippen LogP) is 4.03. The van der Waals surface area contributed by atoms with Gasteiger partial charge in [0.25, 0.3) is 0 Å². The van der Waals surface area contributed by atoms with Crippen molar-refractivity contribution in [3.63, 3.8) is 0 Å². The minimum atomic E-state index is -3.76. The van der Waals surface area contributed by atoms with E-state index in [1.165, 1.54) is 18.2 Å². The van der Waals surface area contributed by atoms with Gasteiger partial charge in [0.1, 0.15) is 5.75 Å². The second-order valence-corrected chi connectivity index (χ2v) is 6.89. The van der Waals surface area contributed by atoms with Gasteiger partial charge in [0.15, 0.2) is 0 Å². The van der Waals surface area contributed by atoms with Crippen molar-refractivity contribution in [2.24, 2.45) is 0 Å². The van der Waals surface area contributed by atoms with Crippen LogP contribution in [0.25, 0.3) is 10.8 Å². The predicted molar refractivity (Wildman–Crippen MR) is 82.5 cm³/mol. The number of phenols is 1. The SMILES string of the molecule is O=S(=O)(c1ccc(O)cc1Cl)c1cccc2ccccc12. The lowest BCUT2D eigenvalue weighted by atomic mass is 10.1. The molecule has 0 aromatic heterocycles. The first-order valence-corrected chi connectivity index (χ1v) is 8.07. The first kappa shape index (κ1) is 13.9. The van der Waals surface area contributed by atoms with Crippen LogP contribution in [-0.4, -0.2) is 13.5 Å². The number of phenolic OH excluding ortho intramolecular Hbond substituents is 1. The largest absolute Gasteiger partial charge is 0.508 e. The topological polar surface area (TPSA) is 54.4 Å². The highest BCUT2D eigenvalue weighted by Gasteiger charge is 2.23. The molecule has 0 spiro atoms. The van der Waals surface area contributed by atoms with E-state index < -0.39 is 9.84 Å². The van der Waals surface area contributed by atoms with Gasteiger partial charge in [-0.05, 0) is 29.7 Å². The highest BCUT2D eigenvalue weighted by molar-refractivity contribution is 7.91. The second-order valence-electron chi connectivity index (χ2n) is 4.60. The summed E-state index contributed by atoms with van der Waals surface area (Å²) in [6, 6.07) is 16.2. The summed E-state index contributed by atoms with van der Waals surface area (Å²) in [4.78, 5) is 0.187. The molecule has 0 radical (unpaired) electrons. The molecule has 3 aromatic rings. The Balaban J connectivity index is 2.30. The molecule has 0 aliphatic rings. The van der Waals surface area contributed by atoms with E-state index in [4.69, 9.17) is 11.6 Å². The van der Waals surface area contributed by atoms with E-state index in [0.29, 0.717) is 5.39 Å². The lowest BCUT2D eigenvalue weighted by molar-refractivity contribution is 0.475. The maximum atomic E-state index is 12.8. The van der Waals surface area contributed by atoms with Crippen molar-refractivity contribution in [3.8, 4) is 5.75 Å². The molecular weight excluding hydrogens is 308 g/mol. The summed E-state index contributed by atoms with van der Waals surface area (Å²) in [6.45, 7) is 0. The Hall–Kier alpha value is -2.04. The van der Waals surface area contributed by atoms with Crippen molar-refractivity contribution in [2.75, 3.05) is 0 Å². The quantitative estimate of drug-likeness (QED) is 0.776. The number of fused-ring (bicyclic) bond motifs is 1. The number of aromatic hydroxyl groups is 1. The Labute approximate surface area is 127 Å². The van der Waals surface area contributed by atoms with Crippen LogP contribution in [0, 0.1) is 0 Å². The number of hydrogen-bond acceptors (Lipinski definition) is 3. The normalized spacial score (nSPS) is 11.7. The number of rotatable bonds is 2. The third kappa shape index (κ3) is 2.37. The van der Waals surface area contributed by atoms with Gasteiger partial charge in [-0.1, -0.05) is 48.0 Å². The lowest BCUT2D eigenvalue weighted by Crippen LogP contribution is -2.03. The van der Waals surface area contributed by atoms with E-state index in [-0.39, 0.29) is 20.6 Å². The first-order valence-electron chi connectivity index (χ1n) is 6.21. The Morgan fingerprint density at radius 3 is 2.33 bits per heavy atom. The van der Waals surface area contributed by atoms with Crippen LogP contribution in [0.1, 0.15) is 0 Å². The Kier molecular flexibility index (Phi) is 3.35. The monoisotopic (exact) mass is 318 g/mol. The van der Waals surface area contributed by atoms with Gasteiger partial charge in [0.05, 0.1) is 14.8 Å². The first-order chi connectivity index (χ1) is 10.00. The maximum Gasteiger partial charge on any atom is 0.208 e. The van der Waals surface area contributed by atoms with Crippen molar-refractivity contribution in [1.29, 1.82) is 0 Å². The van der Waals surface area contributed by atoms with Gasteiger partial charge in [-0.25, -0.2) is 8.42 Å². The highest BCUT2D eigenvalue weighted by atomic mass is 35.5. The summed E-state index contributed by atoms with van der Waals surface area (Å²) < 4.78 is 25.6. The summed E-state index contributed by atoms with van der Waals surface area (Å²) in [7, 11) is -3.76. The van der Waals surface area contributed by atoms with Crippen molar-refractivity contribution >= 4 is 32.2 Å². The Morgan fingerprint density at radius 2 is 1.57 bits per heavy atom. The van der Waals surface area contributed by atoms with Crippen LogP contribution in [0.3, 0.4) is 0 Å². The van der Waals surface area contributed by atoms with Gasteiger partial charge in [0, 0.05) is 5.39 Å². The molecule has 0 heterocycles. The molecule has 0 fully saturated rings. The van der Waals surface area contributed by atoms with E-state index in [2.05, 4.69) is 0 Å². The zero-order valence-electron chi connectivity index (χ0n) is 10.8. The van der Waals surface area contributed by atoms with Crippen molar-refractivity contribution in [1.82, 2.24) is 0 Å². The maximum absolute atomic E-state index is 12.8. The molecule has 3 rings (SSSR count). The standard InChI is InChI=1S/C16H11ClO3S/c17-14-10-12(18)8-9-16(14)21(19,20)15-7-3-5-11-4-1-2-6-13(11)15/h1-10,18H. The fraction of sp³-hybridized carbons (Fsp3) is 0. The van der Waals surface area contributed by atoms with E-state index in [9.17, 15) is 13.5 Å². The van der Waals surface area contributed by atoms with Crippen LogP contribution in [0.5, 0.6) is 5.75 Å². The molecule has 0 unspecified atom stereocenters. The molecule has 0 saturated heterocycles. The molecule has 0 amide bonds. The minimum absolute atomic E-state index is 0.00272. The van der Waals surface area contributed by atoms with Crippen molar-refractivity contribution in [3.05, 3.63) is 65.7 Å². The third-order valence-electron chi connectivity index (χ3n) is 3.24.